The van der Waals surface area contributed by atoms with Gasteiger partial charge >= 0.3 is 0 Å². The molecule has 74 valence electrons. The normalized spacial score (nSPS) is 23.0. The van der Waals surface area contributed by atoms with Crippen LogP contribution in [0.5, 0.6) is 5.75 Å². The van der Waals surface area contributed by atoms with Crippen molar-refractivity contribution in [1.82, 2.24) is 0 Å². The summed E-state index contributed by atoms with van der Waals surface area (Å²) in [6.07, 6.45) is 0. The van der Waals surface area contributed by atoms with Crippen LogP contribution in [0, 0.1) is 12.8 Å². The number of oxime groups is 1. The summed E-state index contributed by atoms with van der Waals surface area (Å²) in [4.78, 5) is 0. The zero-order chi connectivity index (χ0) is 10.1. The molecule has 2 rings (SSSR count). The van der Waals surface area contributed by atoms with Crippen LogP contribution >= 0.6 is 0 Å². The molecule has 1 atom stereocenters. The summed E-state index contributed by atoms with van der Waals surface area (Å²) in [5.41, 5.74) is 2.76. The van der Waals surface area contributed by atoms with E-state index in [-0.39, 0.29) is 5.92 Å². The van der Waals surface area contributed by atoms with Crippen molar-refractivity contribution in [2.24, 2.45) is 11.1 Å². The number of hydrogen-bond acceptors (Lipinski definition) is 3. The van der Waals surface area contributed by atoms with Crippen molar-refractivity contribution in [3.05, 3.63) is 29.3 Å². The summed E-state index contributed by atoms with van der Waals surface area (Å²) >= 11 is 0. The Bertz CT molecular complexity index is 385. The standard InChI is InChI=1S/C11H13NO2/c1-7-3-4-9-10(5-7)14-6-8(2)11(9)12-13/h3-5,8,13H,6H2,1-2H3/b12-11+. The number of hydrogen-bond donors (Lipinski definition) is 1. The number of ether oxygens (including phenoxy) is 1. The monoisotopic (exact) mass is 191 g/mol. The van der Waals surface area contributed by atoms with Gasteiger partial charge < -0.3 is 9.94 Å². The van der Waals surface area contributed by atoms with Crippen LogP contribution < -0.4 is 4.74 Å². The fraction of sp³-hybridized carbons (Fsp3) is 0.364. The third-order valence-corrected chi connectivity index (χ3v) is 2.48. The first-order chi connectivity index (χ1) is 6.72. The number of rotatable bonds is 0. The summed E-state index contributed by atoms with van der Waals surface area (Å²) in [5.74, 6) is 0.964. The van der Waals surface area contributed by atoms with E-state index in [1.807, 2.05) is 32.0 Å². The van der Waals surface area contributed by atoms with Crippen LogP contribution in [0.25, 0.3) is 0 Å². The molecule has 1 aliphatic heterocycles. The Morgan fingerprint density at radius 1 is 1.50 bits per heavy atom. The summed E-state index contributed by atoms with van der Waals surface area (Å²) in [6, 6.07) is 5.90. The molecular weight excluding hydrogens is 178 g/mol. The lowest BCUT2D eigenvalue weighted by Gasteiger charge is -2.23. The lowest BCUT2D eigenvalue weighted by molar-refractivity contribution is 0.268. The van der Waals surface area contributed by atoms with E-state index < -0.39 is 0 Å². The van der Waals surface area contributed by atoms with E-state index in [2.05, 4.69) is 5.16 Å². The maximum atomic E-state index is 8.91. The first-order valence-electron chi connectivity index (χ1n) is 4.68. The van der Waals surface area contributed by atoms with Gasteiger partial charge in [0, 0.05) is 11.5 Å². The van der Waals surface area contributed by atoms with Crippen molar-refractivity contribution in [2.45, 2.75) is 13.8 Å². The highest BCUT2D eigenvalue weighted by Crippen LogP contribution is 2.28. The molecule has 0 bridgehead atoms. The van der Waals surface area contributed by atoms with E-state index >= 15 is 0 Å². The van der Waals surface area contributed by atoms with Crippen LogP contribution in [0.1, 0.15) is 18.1 Å². The molecular formula is C11H13NO2. The van der Waals surface area contributed by atoms with Crippen LogP contribution in [0.3, 0.4) is 0 Å². The van der Waals surface area contributed by atoms with Crippen LogP contribution in [0.15, 0.2) is 23.4 Å². The van der Waals surface area contributed by atoms with Crippen molar-refractivity contribution >= 4 is 5.71 Å². The average Bonchev–Trinajstić information content (AvgIpc) is 2.18. The van der Waals surface area contributed by atoms with E-state index in [0.717, 1.165) is 16.9 Å². The zero-order valence-corrected chi connectivity index (χ0v) is 8.32. The van der Waals surface area contributed by atoms with Gasteiger partial charge in [-0.15, -0.1) is 0 Å². The van der Waals surface area contributed by atoms with Crippen LogP contribution in [-0.4, -0.2) is 17.5 Å². The fourth-order valence-electron chi connectivity index (χ4n) is 1.67. The Balaban J connectivity index is 2.53. The number of benzene rings is 1. The Morgan fingerprint density at radius 3 is 3.00 bits per heavy atom. The van der Waals surface area contributed by atoms with Gasteiger partial charge in [-0.1, -0.05) is 18.1 Å². The minimum absolute atomic E-state index is 0.148. The highest BCUT2D eigenvalue weighted by atomic mass is 16.5. The second kappa shape index (κ2) is 3.33. The molecule has 1 aromatic carbocycles. The van der Waals surface area contributed by atoms with Crippen molar-refractivity contribution in [3.63, 3.8) is 0 Å². The Labute approximate surface area is 83.0 Å². The SMILES string of the molecule is Cc1ccc2c(c1)OCC(C)/C2=N\O. The van der Waals surface area contributed by atoms with E-state index in [1.165, 1.54) is 0 Å². The molecule has 0 spiro atoms. The predicted molar refractivity (Wildman–Crippen MR) is 54.2 cm³/mol. The van der Waals surface area contributed by atoms with Gasteiger partial charge in [0.05, 0.1) is 12.3 Å². The van der Waals surface area contributed by atoms with Gasteiger partial charge in [-0.3, -0.25) is 0 Å². The third-order valence-electron chi connectivity index (χ3n) is 2.48. The van der Waals surface area contributed by atoms with Gasteiger partial charge in [0.15, 0.2) is 0 Å². The molecule has 1 aliphatic rings. The molecule has 0 saturated heterocycles. The van der Waals surface area contributed by atoms with E-state index in [1.54, 1.807) is 0 Å². The van der Waals surface area contributed by atoms with Crippen molar-refractivity contribution < 1.29 is 9.94 Å². The first kappa shape index (κ1) is 9.06. The van der Waals surface area contributed by atoms with Gasteiger partial charge in [0.25, 0.3) is 0 Å². The number of aryl methyl sites for hydroxylation is 1. The smallest absolute Gasteiger partial charge is 0.128 e. The maximum absolute atomic E-state index is 8.91. The summed E-state index contributed by atoms with van der Waals surface area (Å²) < 4.78 is 5.56. The first-order valence-corrected chi connectivity index (χ1v) is 4.68. The highest BCUT2D eigenvalue weighted by Gasteiger charge is 2.23. The largest absolute Gasteiger partial charge is 0.492 e. The molecule has 1 unspecified atom stereocenters. The third kappa shape index (κ3) is 1.35. The predicted octanol–water partition coefficient (Wildman–Crippen LogP) is 2.20. The van der Waals surface area contributed by atoms with Gasteiger partial charge in [-0.2, -0.15) is 0 Å². The fourth-order valence-corrected chi connectivity index (χ4v) is 1.67. The highest BCUT2D eigenvalue weighted by molar-refractivity contribution is 6.04. The lowest BCUT2D eigenvalue weighted by Crippen LogP contribution is -2.26. The van der Waals surface area contributed by atoms with Crippen LogP contribution in [-0.2, 0) is 0 Å². The Morgan fingerprint density at radius 2 is 2.29 bits per heavy atom. The molecule has 0 fully saturated rings. The van der Waals surface area contributed by atoms with Crippen molar-refractivity contribution in [1.29, 1.82) is 0 Å². The molecule has 0 radical (unpaired) electrons. The molecule has 0 saturated carbocycles. The topological polar surface area (TPSA) is 41.8 Å². The molecule has 3 heteroatoms. The molecule has 0 aliphatic carbocycles. The minimum atomic E-state index is 0.148. The van der Waals surface area contributed by atoms with E-state index in [4.69, 9.17) is 9.94 Å². The molecule has 0 amide bonds. The molecule has 0 aromatic heterocycles. The van der Waals surface area contributed by atoms with E-state index in [9.17, 15) is 0 Å². The van der Waals surface area contributed by atoms with Gasteiger partial charge in [-0.05, 0) is 24.6 Å². The number of fused-ring (bicyclic) bond motifs is 1. The second-order valence-corrected chi connectivity index (χ2v) is 3.70. The molecule has 3 nitrogen and oxygen atoms in total. The van der Waals surface area contributed by atoms with Crippen LogP contribution in [0.4, 0.5) is 0 Å². The van der Waals surface area contributed by atoms with Crippen molar-refractivity contribution in [3.8, 4) is 5.75 Å². The van der Waals surface area contributed by atoms with E-state index in [0.29, 0.717) is 12.3 Å². The molecule has 1 N–H and O–H groups in total. The summed E-state index contributed by atoms with van der Waals surface area (Å²) in [7, 11) is 0. The summed E-state index contributed by atoms with van der Waals surface area (Å²) in [6.45, 7) is 4.57. The Kier molecular flexibility index (Phi) is 2.15. The quantitative estimate of drug-likeness (QED) is 0.504. The lowest BCUT2D eigenvalue weighted by atomic mass is 9.95. The summed E-state index contributed by atoms with van der Waals surface area (Å²) in [5, 5.41) is 12.2. The second-order valence-electron chi connectivity index (χ2n) is 3.70. The van der Waals surface area contributed by atoms with Gasteiger partial charge in [0.2, 0.25) is 0 Å². The maximum Gasteiger partial charge on any atom is 0.128 e. The molecule has 1 aromatic rings. The minimum Gasteiger partial charge on any atom is -0.492 e. The van der Waals surface area contributed by atoms with Crippen LogP contribution in [0.2, 0.25) is 0 Å². The van der Waals surface area contributed by atoms with Gasteiger partial charge in [0.1, 0.15) is 5.75 Å². The molecule has 14 heavy (non-hydrogen) atoms. The average molecular weight is 191 g/mol. The molecule has 1 heterocycles. The Hall–Kier alpha value is -1.51. The number of nitrogens with zero attached hydrogens (tertiary/aromatic N) is 1. The van der Waals surface area contributed by atoms with Crippen molar-refractivity contribution in [2.75, 3.05) is 6.61 Å². The zero-order valence-electron chi connectivity index (χ0n) is 8.32. The van der Waals surface area contributed by atoms with Gasteiger partial charge in [-0.25, -0.2) is 0 Å².